The predicted molar refractivity (Wildman–Crippen MR) is 135 cm³/mol. The number of carbonyl (C=O) groups is 1. The second kappa shape index (κ2) is 10.2. The van der Waals surface area contributed by atoms with E-state index in [9.17, 15) is 22.4 Å². The van der Waals surface area contributed by atoms with Crippen molar-refractivity contribution < 1.29 is 22.4 Å². The van der Waals surface area contributed by atoms with Gasteiger partial charge in [0.05, 0.1) is 5.69 Å². The molecule has 0 bridgehead atoms. The first-order chi connectivity index (χ1) is 18.1. The quantitative estimate of drug-likeness (QED) is 0.317. The fourth-order valence-electron chi connectivity index (χ4n) is 4.59. The molecule has 38 heavy (non-hydrogen) atoms. The Hall–Kier alpha value is -3.79. The topological polar surface area (TPSA) is 53.7 Å². The Bertz CT molecular complexity index is 1440. The summed E-state index contributed by atoms with van der Waals surface area (Å²) in [6.07, 6.45) is -4.69. The lowest BCUT2D eigenvalue weighted by Crippen LogP contribution is -2.48. The van der Waals surface area contributed by atoms with Crippen molar-refractivity contribution >= 4 is 11.6 Å². The molecule has 2 aromatic carbocycles. The highest BCUT2D eigenvalue weighted by Gasteiger charge is 2.36. The van der Waals surface area contributed by atoms with Crippen LogP contribution in [0.2, 0.25) is 0 Å². The van der Waals surface area contributed by atoms with Gasteiger partial charge >= 0.3 is 6.18 Å². The number of rotatable bonds is 5. The largest absolute Gasteiger partial charge is 0.433 e. The molecule has 6 nitrogen and oxygen atoms in total. The number of carbonyl (C=O) groups excluding carboxylic acids is 1. The van der Waals surface area contributed by atoms with Gasteiger partial charge in [0.2, 0.25) is 0 Å². The number of hydrogen-bond donors (Lipinski definition) is 0. The van der Waals surface area contributed by atoms with Gasteiger partial charge in [-0.05, 0) is 35.2 Å². The Morgan fingerprint density at radius 3 is 2.21 bits per heavy atom. The summed E-state index contributed by atoms with van der Waals surface area (Å²) in [4.78, 5) is 21.3. The maximum atomic E-state index is 14.0. The molecule has 0 atom stereocenters. The van der Waals surface area contributed by atoms with Crippen molar-refractivity contribution in [1.82, 2.24) is 24.4 Å². The van der Waals surface area contributed by atoms with E-state index in [2.05, 4.69) is 15.0 Å². The summed E-state index contributed by atoms with van der Waals surface area (Å²) in [6, 6.07) is 15.8. The van der Waals surface area contributed by atoms with Crippen LogP contribution in [-0.4, -0.2) is 56.5 Å². The number of hydrogen-bond acceptors (Lipinski definition) is 4. The minimum absolute atomic E-state index is 0.0407. The van der Waals surface area contributed by atoms with Crippen LogP contribution in [0.15, 0.2) is 60.7 Å². The lowest BCUT2D eigenvalue weighted by atomic mass is 10.0. The Balaban J connectivity index is 1.37. The van der Waals surface area contributed by atoms with E-state index >= 15 is 0 Å². The molecule has 1 aliphatic rings. The van der Waals surface area contributed by atoms with Crippen molar-refractivity contribution in [1.29, 1.82) is 0 Å². The van der Waals surface area contributed by atoms with Crippen LogP contribution in [0, 0.1) is 5.82 Å². The highest BCUT2D eigenvalue weighted by atomic mass is 19.4. The minimum atomic E-state index is -4.69. The summed E-state index contributed by atoms with van der Waals surface area (Å²) in [5.41, 5.74) is 1.63. The van der Waals surface area contributed by atoms with Gasteiger partial charge in [-0.1, -0.05) is 50.2 Å². The van der Waals surface area contributed by atoms with E-state index in [1.165, 1.54) is 18.2 Å². The number of amides is 1. The summed E-state index contributed by atoms with van der Waals surface area (Å²) in [5.74, 6) is -0.442. The third-order valence-corrected chi connectivity index (χ3v) is 6.79. The fourth-order valence-corrected chi connectivity index (χ4v) is 4.59. The molecule has 0 unspecified atom stereocenters. The van der Waals surface area contributed by atoms with Gasteiger partial charge in [0, 0.05) is 44.4 Å². The Kier molecular flexibility index (Phi) is 6.92. The zero-order chi connectivity index (χ0) is 27.0. The molecule has 0 radical (unpaired) electrons. The van der Waals surface area contributed by atoms with Crippen LogP contribution in [0.5, 0.6) is 0 Å². The highest BCUT2D eigenvalue weighted by Crippen LogP contribution is 2.33. The number of piperazine rings is 1. The van der Waals surface area contributed by atoms with Gasteiger partial charge in [-0.2, -0.15) is 18.3 Å². The first kappa shape index (κ1) is 25.8. The van der Waals surface area contributed by atoms with Crippen LogP contribution in [-0.2, 0) is 12.7 Å². The SMILES string of the molecule is CC(C)c1ccc(-c2cc(C(F)(F)F)n3nc(C(=O)N4CCN(Cc5ccc(F)cc5)CC4)cc3n2)cc1. The molecular weight excluding hydrogens is 498 g/mol. The van der Waals surface area contributed by atoms with Crippen LogP contribution in [0.25, 0.3) is 16.9 Å². The van der Waals surface area contributed by atoms with E-state index in [0.717, 1.165) is 17.2 Å². The van der Waals surface area contributed by atoms with Crippen molar-refractivity contribution in [2.75, 3.05) is 26.2 Å². The summed E-state index contributed by atoms with van der Waals surface area (Å²) >= 11 is 0. The number of halogens is 4. The molecule has 5 rings (SSSR count). The molecular formula is C28H27F4N5O. The first-order valence-electron chi connectivity index (χ1n) is 12.4. The van der Waals surface area contributed by atoms with E-state index < -0.39 is 17.8 Å². The molecule has 0 saturated carbocycles. The van der Waals surface area contributed by atoms with Crippen molar-refractivity contribution in [2.45, 2.75) is 32.5 Å². The Morgan fingerprint density at radius 2 is 1.61 bits per heavy atom. The summed E-state index contributed by atoms with van der Waals surface area (Å²) < 4.78 is 55.8. The van der Waals surface area contributed by atoms with Crippen LogP contribution in [0.3, 0.4) is 0 Å². The maximum absolute atomic E-state index is 14.0. The zero-order valence-corrected chi connectivity index (χ0v) is 21.0. The maximum Gasteiger partial charge on any atom is 0.433 e. The number of benzene rings is 2. The Morgan fingerprint density at radius 1 is 0.947 bits per heavy atom. The van der Waals surface area contributed by atoms with E-state index in [1.54, 1.807) is 29.2 Å². The van der Waals surface area contributed by atoms with Crippen LogP contribution in [0.4, 0.5) is 17.6 Å². The molecule has 0 N–H and O–H groups in total. The smallest absolute Gasteiger partial charge is 0.335 e. The van der Waals surface area contributed by atoms with Crippen molar-refractivity contribution in [3.05, 3.63) is 89.0 Å². The van der Waals surface area contributed by atoms with Gasteiger partial charge in [0.15, 0.2) is 17.0 Å². The van der Waals surface area contributed by atoms with Gasteiger partial charge < -0.3 is 4.90 Å². The molecule has 2 aromatic heterocycles. The van der Waals surface area contributed by atoms with Gasteiger partial charge in [0.1, 0.15) is 5.82 Å². The Labute approximate surface area is 217 Å². The van der Waals surface area contributed by atoms with Gasteiger partial charge in [0.25, 0.3) is 5.91 Å². The van der Waals surface area contributed by atoms with Crippen molar-refractivity contribution in [2.24, 2.45) is 0 Å². The number of alkyl halides is 3. The molecule has 0 spiro atoms. The second-order valence-electron chi connectivity index (χ2n) is 9.80. The third kappa shape index (κ3) is 5.40. The van der Waals surface area contributed by atoms with E-state index in [0.29, 0.717) is 48.7 Å². The van der Waals surface area contributed by atoms with Gasteiger partial charge in [-0.3, -0.25) is 9.69 Å². The van der Waals surface area contributed by atoms with E-state index in [4.69, 9.17) is 0 Å². The molecule has 1 amide bonds. The standard InChI is InChI=1S/C28H27F4N5O/c1-18(2)20-5-7-21(8-6-20)23-15-25(28(30,31)32)37-26(33-23)16-24(34-37)27(38)36-13-11-35(12-14-36)17-19-3-9-22(29)10-4-19/h3-10,15-16,18H,11-14,17H2,1-2H3. The molecule has 198 valence electrons. The summed E-state index contributed by atoms with van der Waals surface area (Å²) in [6.45, 7) is 6.67. The molecule has 1 fully saturated rings. The fraction of sp³-hybridized carbons (Fsp3) is 0.321. The van der Waals surface area contributed by atoms with Crippen molar-refractivity contribution in [3.63, 3.8) is 0 Å². The number of fused-ring (bicyclic) bond motifs is 1. The summed E-state index contributed by atoms with van der Waals surface area (Å²) in [5, 5.41) is 4.02. The lowest BCUT2D eigenvalue weighted by Gasteiger charge is -2.34. The monoisotopic (exact) mass is 525 g/mol. The third-order valence-electron chi connectivity index (χ3n) is 6.79. The number of nitrogens with zero attached hydrogens (tertiary/aromatic N) is 5. The molecule has 4 aromatic rings. The molecule has 3 heterocycles. The molecule has 1 saturated heterocycles. The van der Waals surface area contributed by atoms with Crippen LogP contribution >= 0.6 is 0 Å². The normalized spacial score (nSPS) is 15.0. The minimum Gasteiger partial charge on any atom is -0.335 e. The van der Waals surface area contributed by atoms with Crippen LogP contribution in [0.1, 0.15) is 47.1 Å². The van der Waals surface area contributed by atoms with Gasteiger partial charge in [-0.25, -0.2) is 13.9 Å². The predicted octanol–water partition coefficient (Wildman–Crippen LogP) is 5.64. The van der Waals surface area contributed by atoms with E-state index in [1.807, 2.05) is 26.0 Å². The average Bonchev–Trinajstić information content (AvgIpc) is 3.33. The van der Waals surface area contributed by atoms with Gasteiger partial charge in [-0.15, -0.1) is 0 Å². The lowest BCUT2D eigenvalue weighted by molar-refractivity contribution is -0.142. The second-order valence-corrected chi connectivity index (χ2v) is 9.80. The molecule has 1 aliphatic heterocycles. The summed E-state index contributed by atoms with van der Waals surface area (Å²) in [7, 11) is 0. The van der Waals surface area contributed by atoms with E-state index in [-0.39, 0.29) is 22.9 Å². The average molecular weight is 526 g/mol. The molecule has 10 heteroatoms. The van der Waals surface area contributed by atoms with Crippen molar-refractivity contribution in [3.8, 4) is 11.3 Å². The highest BCUT2D eigenvalue weighted by molar-refractivity contribution is 5.93. The first-order valence-corrected chi connectivity index (χ1v) is 12.4. The van der Waals surface area contributed by atoms with Crippen LogP contribution < -0.4 is 0 Å². The zero-order valence-electron chi connectivity index (χ0n) is 21.0. The molecule has 0 aliphatic carbocycles. The number of aromatic nitrogens is 3.